The highest BCUT2D eigenvalue weighted by Crippen LogP contribution is 2.16. The van der Waals surface area contributed by atoms with Crippen LogP contribution in [0.25, 0.3) is 0 Å². The first kappa shape index (κ1) is 11.6. The van der Waals surface area contributed by atoms with E-state index in [1.54, 1.807) is 12.5 Å². The monoisotopic (exact) mass is 236 g/mol. The summed E-state index contributed by atoms with van der Waals surface area (Å²) < 4.78 is 4.58. The summed E-state index contributed by atoms with van der Waals surface area (Å²) in [5.74, 6) is 0.941. The molecule has 1 aliphatic rings. The SMILES string of the molecule is COC(=O)NC1CCN(c2ccncn2)CC1. The van der Waals surface area contributed by atoms with E-state index >= 15 is 0 Å². The molecule has 2 heterocycles. The van der Waals surface area contributed by atoms with Gasteiger partial charge >= 0.3 is 6.09 Å². The topological polar surface area (TPSA) is 67.3 Å². The second kappa shape index (κ2) is 5.47. The van der Waals surface area contributed by atoms with E-state index in [9.17, 15) is 4.79 Å². The molecule has 1 amide bonds. The maximum Gasteiger partial charge on any atom is 0.407 e. The van der Waals surface area contributed by atoms with Gasteiger partial charge in [0.1, 0.15) is 12.1 Å². The van der Waals surface area contributed by atoms with E-state index in [-0.39, 0.29) is 12.1 Å². The molecule has 0 radical (unpaired) electrons. The second-order valence-electron chi connectivity index (χ2n) is 3.96. The number of ether oxygens (including phenoxy) is 1. The summed E-state index contributed by atoms with van der Waals surface area (Å²) in [6.45, 7) is 1.76. The lowest BCUT2D eigenvalue weighted by molar-refractivity contribution is 0.164. The smallest absolute Gasteiger partial charge is 0.407 e. The highest BCUT2D eigenvalue weighted by molar-refractivity contribution is 5.67. The third-order valence-electron chi connectivity index (χ3n) is 2.89. The third-order valence-corrected chi connectivity index (χ3v) is 2.89. The Labute approximate surface area is 100 Å². The molecule has 0 unspecified atom stereocenters. The minimum atomic E-state index is -0.356. The number of methoxy groups -OCH3 is 1. The van der Waals surface area contributed by atoms with Gasteiger partial charge in [-0.05, 0) is 18.9 Å². The summed E-state index contributed by atoms with van der Waals surface area (Å²) in [5.41, 5.74) is 0. The molecule has 1 saturated heterocycles. The van der Waals surface area contributed by atoms with Crippen molar-refractivity contribution in [1.29, 1.82) is 0 Å². The van der Waals surface area contributed by atoms with Crippen LogP contribution in [0.4, 0.5) is 10.6 Å². The van der Waals surface area contributed by atoms with Gasteiger partial charge in [-0.2, -0.15) is 0 Å². The number of amides is 1. The molecule has 1 aromatic heterocycles. The average Bonchev–Trinajstić information content (AvgIpc) is 2.40. The molecule has 6 heteroatoms. The minimum Gasteiger partial charge on any atom is -0.453 e. The molecule has 1 fully saturated rings. The number of nitrogens with one attached hydrogen (secondary N) is 1. The van der Waals surface area contributed by atoms with Crippen LogP contribution in [0.2, 0.25) is 0 Å². The molecule has 0 bridgehead atoms. The van der Waals surface area contributed by atoms with E-state index in [2.05, 4.69) is 24.9 Å². The maximum atomic E-state index is 11.1. The molecule has 0 aliphatic carbocycles. The Balaban J connectivity index is 1.84. The number of carbonyl (C=O) groups is 1. The molecular formula is C11H16N4O2. The van der Waals surface area contributed by atoms with E-state index in [1.807, 2.05) is 6.07 Å². The number of anilines is 1. The Kier molecular flexibility index (Phi) is 3.74. The van der Waals surface area contributed by atoms with Gasteiger partial charge < -0.3 is 15.0 Å². The van der Waals surface area contributed by atoms with Crippen molar-refractivity contribution in [2.75, 3.05) is 25.1 Å². The zero-order valence-electron chi connectivity index (χ0n) is 9.80. The molecule has 1 aromatic rings. The number of nitrogens with zero attached hydrogens (tertiary/aromatic N) is 3. The molecule has 0 atom stereocenters. The normalized spacial score (nSPS) is 16.6. The van der Waals surface area contributed by atoms with E-state index in [1.165, 1.54) is 7.11 Å². The average molecular weight is 236 g/mol. The van der Waals surface area contributed by atoms with Gasteiger partial charge in [0.15, 0.2) is 0 Å². The fraction of sp³-hybridized carbons (Fsp3) is 0.545. The first-order valence-corrected chi connectivity index (χ1v) is 5.65. The van der Waals surface area contributed by atoms with Crippen molar-refractivity contribution in [3.05, 3.63) is 18.6 Å². The van der Waals surface area contributed by atoms with Gasteiger partial charge in [-0.15, -0.1) is 0 Å². The number of aromatic nitrogens is 2. The fourth-order valence-electron chi connectivity index (χ4n) is 1.95. The number of rotatable bonds is 2. The quantitative estimate of drug-likeness (QED) is 0.822. The Bertz CT molecular complexity index is 363. The third kappa shape index (κ3) is 3.05. The lowest BCUT2D eigenvalue weighted by Crippen LogP contribution is -2.44. The Morgan fingerprint density at radius 2 is 2.29 bits per heavy atom. The molecule has 1 N–H and O–H groups in total. The van der Waals surface area contributed by atoms with Crippen molar-refractivity contribution in [1.82, 2.24) is 15.3 Å². The van der Waals surface area contributed by atoms with Crippen LogP contribution in [0.1, 0.15) is 12.8 Å². The summed E-state index contributed by atoms with van der Waals surface area (Å²) >= 11 is 0. The first-order valence-electron chi connectivity index (χ1n) is 5.65. The van der Waals surface area contributed by atoms with Crippen LogP contribution in [-0.4, -0.2) is 42.3 Å². The van der Waals surface area contributed by atoms with Crippen LogP contribution in [0.3, 0.4) is 0 Å². The van der Waals surface area contributed by atoms with Crippen molar-refractivity contribution >= 4 is 11.9 Å². The van der Waals surface area contributed by atoms with Crippen molar-refractivity contribution in [2.24, 2.45) is 0 Å². The number of piperidine rings is 1. The van der Waals surface area contributed by atoms with Crippen molar-refractivity contribution < 1.29 is 9.53 Å². The molecule has 0 saturated carbocycles. The Morgan fingerprint density at radius 1 is 1.53 bits per heavy atom. The van der Waals surface area contributed by atoms with Crippen LogP contribution < -0.4 is 10.2 Å². The molecule has 1 aliphatic heterocycles. The van der Waals surface area contributed by atoms with Gasteiger partial charge in [0.05, 0.1) is 7.11 Å². The molecule has 0 spiro atoms. The number of carbonyl (C=O) groups excluding carboxylic acids is 1. The number of alkyl carbamates (subject to hydrolysis) is 1. The van der Waals surface area contributed by atoms with Crippen molar-refractivity contribution in [2.45, 2.75) is 18.9 Å². The fourth-order valence-corrected chi connectivity index (χ4v) is 1.95. The van der Waals surface area contributed by atoms with Crippen LogP contribution in [0.5, 0.6) is 0 Å². The summed E-state index contributed by atoms with van der Waals surface area (Å²) in [7, 11) is 1.38. The molecule has 6 nitrogen and oxygen atoms in total. The summed E-state index contributed by atoms with van der Waals surface area (Å²) in [5, 5.41) is 2.82. The maximum absolute atomic E-state index is 11.1. The largest absolute Gasteiger partial charge is 0.453 e. The molecule has 17 heavy (non-hydrogen) atoms. The lowest BCUT2D eigenvalue weighted by Gasteiger charge is -2.32. The van der Waals surface area contributed by atoms with E-state index < -0.39 is 0 Å². The summed E-state index contributed by atoms with van der Waals surface area (Å²) in [6, 6.07) is 2.09. The van der Waals surface area contributed by atoms with Crippen LogP contribution in [0.15, 0.2) is 18.6 Å². The zero-order valence-corrected chi connectivity index (χ0v) is 9.80. The van der Waals surface area contributed by atoms with E-state index in [0.717, 1.165) is 31.7 Å². The lowest BCUT2D eigenvalue weighted by atomic mass is 10.1. The van der Waals surface area contributed by atoms with Crippen molar-refractivity contribution in [3.8, 4) is 0 Å². The Morgan fingerprint density at radius 3 is 2.88 bits per heavy atom. The van der Waals surface area contributed by atoms with Crippen LogP contribution in [0, 0.1) is 0 Å². The van der Waals surface area contributed by atoms with Crippen molar-refractivity contribution in [3.63, 3.8) is 0 Å². The van der Waals surface area contributed by atoms with Gasteiger partial charge in [0.2, 0.25) is 0 Å². The van der Waals surface area contributed by atoms with Gasteiger partial charge in [-0.3, -0.25) is 0 Å². The van der Waals surface area contributed by atoms with Crippen LogP contribution >= 0.6 is 0 Å². The standard InChI is InChI=1S/C11H16N4O2/c1-17-11(16)14-9-3-6-15(7-4-9)10-2-5-12-8-13-10/h2,5,8-9H,3-4,6-7H2,1H3,(H,14,16). The van der Waals surface area contributed by atoms with Gasteiger partial charge in [-0.25, -0.2) is 14.8 Å². The molecule has 2 rings (SSSR count). The zero-order chi connectivity index (χ0) is 12.1. The minimum absolute atomic E-state index is 0.195. The first-order chi connectivity index (χ1) is 8.29. The summed E-state index contributed by atoms with van der Waals surface area (Å²) in [6.07, 6.45) is 4.73. The van der Waals surface area contributed by atoms with E-state index in [4.69, 9.17) is 0 Å². The Hall–Kier alpha value is -1.85. The number of hydrogen-bond donors (Lipinski definition) is 1. The highest BCUT2D eigenvalue weighted by Gasteiger charge is 2.21. The highest BCUT2D eigenvalue weighted by atomic mass is 16.5. The van der Waals surface area contributed by atoms with E-state index in [0.29, 0.717) is 0 Å². The number of hydrogen-bond acceptors (Lipinski definition) is 5. The second-order valence-corrected chi connectivity index (χ2v) is 3.96. The summed E-state index contributed by atoms with van der Waals surface area (Å²) in [4.78, 5) is 21.4. The van der Waals surface area contributed by atoms with Crippen LogP contribution in [-0.2, 0) is 4.74 Å². The van der Waals surface area contributed by atoms with Gasteiger partial charge in [0.25, 0.3) is 0 Å². The molecule has 0 aromatic carbocycles. The van der Waals surface area contributed by atoms with Gasteiger partial charge in [0, 0.05) is 25.3 Å². The predicted octanol–water partition coefficient (Wildman–Crippen LogP) is 0.801. The predicted molar refractivity (Wildman–Crippen MR) is 62.8 cm³/mol. The molecular weight excluding hydrogens is 220 g/mol. The molecule has 92 valence electrons. The van der Waals surface area contributed by atoms with Gasteiger partial charge in [-0.1, -0.05) is 0 Å².